The molecule has 0 unspecified atom stereocenters. The molecule has 2 aromatic carbocycles. The molecule has 0 spiro atoms. The highest BCUT2D eigenvalue weighted by Crippen LogP contribution is 2.59. The third kappa shape index (κ3) is 2.27. The van der Waals surface area contributed by atoms with Crippen LogP contribution in [-0.4, -0.2) is 11.6 Å². The van der Waals surface area contributed by atoms with Crippen LogP contribution >= 0.6 is 0 Å². The predicted molar refractivity (Wildman–Crippen MR) is 112 cm³/mol. The fourth-order valence-electron chi connectivity index (χ4n) is 5.50. The second-order valence-corrected chi connectivity index (χ2v) is 8.72. The van der Waals surface area contributed by atoms with Gasteiger partial charge in [-0.2, -0.15) is 0 Å². The summed E-state index contributed by atoms with van der Waals surface area (Å²) in [6, 6.07) is 12.7. The Hall–Kier alpha value is -2.74. The van der Waals surface area contributed by atoms with Gasteiger partial charge in [0, 0.05) is 17.8 Å². The second-order valence-electron chi connectivity index (χ2n) is 8.72. The molecule has 4 atom stereocenters. The second kappa shape index (κ2) is 5.88. The van der Waals surface area contributed by atoms with Gasteiger partial charge in [0.05, 0.1) is 5.92 Å². The minimum absolute atomic E-state index is 0.000588. The van der Waals surface area contributed by atoms with E-state index >= 15 is 0 Å². The molecule has 1 saturated carbocycles. The maximum absolute atomic E-state index is 13.2. The van der Waals surface area contributed by atoms with E-state index in [2.05, 4.69) is 70.2 Å². The number of ketones is 2. The average molecular weight is 368 g/mol. The molecular weight excluding hydrogens is 344 g/mol. The van der Waals surface area contributed by atoms with Crippen molar-refractivity contribution in [2.45, 2.75) is 27.7 Å². The predicted octanol–water partition coefficient (Wildman–Crippen LogP) is 5.03. The third-order valence-corrected chi connectivity index (χ3v) is 6.86. The lowest BCUT2D eigenvalue weighted by molar-refractivity contribution is -0.124. The van der Waals surface area contributed by atoms with Gasteiger partial charge in [0.25, 0.3) is 0 Å². The molecule has 2 nitrogen and oxygen atoms in total. The molecular formula is C26H24O2. The number of fused-ring (bicyclic) bond motifs is 5. The van der Waals surface area contributed by atoms with E-state index < -0.39 is 0 Å². The zero-order valence-electron chi connectivity index (χ0n) is 16.7. The Morgan fingerprint density at radius 3 is 1.89 bits per heavy atom. The Labute approximate surface area is 166 Å². The van der Waals surface area contributed by atoms with Crippen molar-refractivity contribution in [3.8, 4) is 0 Å². The third-order valence-electron chi connectivity index (χ3n) is 6.86. The highest BCUT2D eigenvalue weighted by molar-refractivity contribution is 6.16. The molecule has 0 radical (unpaired) electrons. The van der Waals surface area contributed by atoms with E-state index in [1.807, 2.05) is 6.08 Å². The molecule has 0 amide bonds. The first kappa shape index (κ1) is 17.4. The monoisotopic (exact) mass is 368 g/mol. The molecule has 2 bridgehead atoms. The van der Waals surface area contributed by atoms with Crippen LogP contribution in [0.3, 0.4) is 0 Å². The van der Waals surface area contributed by atoms with Gasteiger partial charge in [0.15, 0.2) is 5.78 Å². The van der Waals surface area contributed by atoms with Gasteiger partial charge < -0.3 is 0 Å². The number of aryl methyl sites for hydroxylation is 4. The fraction of sp³-hybridized carbons (Fsp3) is 0.308. The van der Waals surface area contributed by atoms with Crippen molar-refractivity contribution < 1.29 is 9.59 Å². The maximum atomic E-state index is 13.2. The smallest absolute Gasteiger partial charge is 0.160 e. The summed E-state index contributed by atoms with van der Waals surface area (Å²) < 4.78 is 0. The van der Waals surface area contributed by atoms with Crippen LogP contribution in [0.25, 0.3) is 11.1 Å². The number of carbonyl (C=O) groups excluding carboxylic acids is 2. The normalized spacial score (nSPS) is 27.9. The van der Waals surface area contributed by atoms with Gasteiger partial charge >= 0.3 is 0 Å². The lowest BCUT2D eigenvalue weighted by atomic mass is 9.74. The number of hydrogen-bond acceptors (Lipinski definition) is 2. The van der Waals surface area contributed by atoms with Crippen LogP contribution < -0.4 is 0 Å². The van der Waals surface area contributed by atoms with Gasteiger partial charge in [-0.3, -0.25) is 9.59 Å². The van der Waals surface area contributed by atoms with E-state index in [0.717, 1.165) is 22.3 Å². The Morgan fingerprint density at radius 1 is 0.714 bits per heavy atom. The van der Waals surface area contributed by atoms with Crippen LogP contribution in [0.2, 0.25) is 0 Å². The van der Waals surface area contributed by atoms with Crippen LogP contribution in [0.4, 0.5) is 0 Å². The summed E-state index contributed by atoms with van der Waals surface area (Å²) >= 11 is 0. The number of Topliss-reactive ketones (excluding diaryl/α,β-unsaturated/α-hetero) is 1. The molecule has 1 fully saturated rings. The molecule has 0 aromatic heterocycles. The standard InChI is InChI=1S/C26H24O2/c1-13-5-7-15(3)17(9-13)19-11-21-23-20(18-10-14(2)6-8-16(18)4)12-22(27)25(23)24(19)26(21)28/h5-12,21,23-25H,1-4H3/t21-,23+,24+,25+/m0/s1. The van der Waals surface area contributed by atoms with Gasteiger partial charge in [-0.25, -0.2) is 0 Å². The first-order chi connectivity index (χ1) is 13.4. The zero-order chi connectivity index (χ0) is 19.7. The van der Waals surface area contributed by atoms with Gasteiger partial charge in [-0.05, 0) is 67.2 Å². The number of allylic oxidation sites excluding steroid dienone is 4. The van der Waals surface area contributed by atoms with E-state index in [9.17, 15) is 9.59 Å². The van der Waals surface area contributed by atoms with Crippen molar-refractivity contribution in [1.29, 1.82) is 0 Å². The van der Waals surface area contributed by atoms with Crippen molar-refractivity contribution in [3.63, 3.8) is 0 Å². The number of benzene rings is 2. The minimum atomic E-state index is -0.290. The SMILES string of the molecule is Cc1ccc(C)c(C2=C[C@@H]3C(=O)[C@H]2[C@@H]2C(=O)C=C(c4cc(C)ccc4C)[C@@H]23)c1. The van der Waals surface area contributed by atoms with Crippen LogP contribution in [0, 0.1) is 51.4 Å². The van der Waals surface area contributed by atoms with Gasteiger partial charge in [0.2, 0.25) is 0 Å². The lowest BCUT2D eigenvalue weighted by Gasteiger charge is -2.26. The summed E-state index contributed by atoms with van der Waals surface area (Å²) in [7, 11) is 0. The number of rotatable bonds is 2. The van der Waals surface area contributed by atoms with E-state index in [0.29, 0.717) is 0 Å². The fourth-order valence-corrected chi connectivity index (χ4v) is 5.50. The number of hydrogen-bond donors (Lipinski definition) is 0. The Kier molecular flexibility index (Phi) is 3.64. The van der Waals surface area contributed by atoms with Crippen molar-refractivity contribution in [3.05, 3.63) is 81.9 Å². The topological polar surface area (TPSA) is 34.1 Å². The Balaban J connectivity index is 1.62. The first-order valence-corrected chi connectivity index (χ1v) is 10.0. The lowest BCUT2D eigenvalue weighted by Crippen LogP contribution is -2.24. The largest absolute Gasteiger partial charge is 0.298 e. The quantitative estimate of drug-likeness (QED) is 0.745. The van der Waals surface area contributed by atoms with Crippen LogP contribution in [0.15, 0.2) is 48.6 Å². The minimum Gasteiger partial charge on any atom is -0.298 e. The molecule has 2 aromatic rings. The van der Waals surface area contributed by atoms with Crippen LogP contribution in [0.5, 0.6) is 0 Å². The average Bonchev–Trinajstić information content (AvgIpc) is 3.26. The molecule has 0 aliphatic heterocycles. The summed E-state index contributed by atoms with van der Waals surface area (Å²) in [5.41, 5.74) is 9.09. The molecule has 0 N–H and O–H groups in total. The molecule has 0 heterocycles. The molecule has 5 rings (SSSR count). The first-order valence-electron chi connectivity index (χ1n) is 10.0. The Bertz CT molecular complexity index is 1120. The molecule has 2 heteroatoms. The van der Waals surface area contributed by atoms with Gasteiger partial charge in [0.1, 0.15) is 5.78 Å². The van der Waals surface area contributed by atoms with E-state index in [1.54, 1.807) is 0 Å². The van der Waals surface area contributed by atoms with Crippen molar-refractivity contribution in [2.75, 3.05) is 0 Å². The van der Waals surface area contributed by atoms with E-state index in [1.165, 1.54) is 22.3 Å². The van der Waals surface area contributed by atoms with Crippen molar-refractivity contribution >= 4 is 22.7 Å². The van der Waals surface area contributed by atoms with Crippen molar-refractivity contribution in [1.82, 2.24) is 0 Å². The number of carbonyl (C=O) groups is 2. The molecule has 140 valence electrons. The molecule has 3 aliphatic rings. The van der Waals surface area contributed by atoms with Crippen LogP contribution in [0.1, 0.15) is 33.4 Å². The Morgan fingerprint density at radius 2 is 1.29 bits per heavy atom. The highest BCUT2D eigenvalue weighted by atomic mass is 16.1. The highest BCUT2D eigenvalue weighted by Gasteiger charge is 2.60. The van der Waals surface area contributed by atoms with Crippen LogP contribution in [-0.2, 0) is 9.59 Å². The van der Waals surface area contributed by atoms with Gasteiger partial charge in [-0.1, -0.05) is 53.6 Å². The van der Waals surface area contributed by atoms with Gasteiger partial charge in [-0.15, -0.1) is 0 Å². The maximum Gasteiger partial charge on any atom is 0.160 e. The van der Waals surface area contributed by atoms with E-state index in [-0.39, 0.29) is 35.2 Å². The summed E-state index contributed by atoms with van der Waals surface area (Å²) in [5.74, 6) is -0.344. The zero-order valence-corrected chi connectivity index (χ0v) is 16.7. The summed E-state index contributed by atoms with van der Waals surface area (Å²) in [5, 5.41) is 0. The molecule has 3 aliphatic carbocycles. The molecule has 0 saturated heterocycles. The van der Waals surface area contributed by atoms with Crippen molar-refractivity contribution in [2.24, 2.45) is 23.7 Å². The summed E-state index contributed by atoms with van der Waals surface area (Å²) in [6.45, 7) is 8.31. The van der Waals surface area contributed by atoms with E-state index in [4.69, 9.17) is 0 Å². The molecule has 28 heavy (non-hydrogen) atoms. The summed E-state index contributed by atoms with van der Waals surface area (Å²) in [4.78, 5) is 26.2. The summed E-state index contributed by atoms with van der Waals surface area (Å²) in [6.07, 6.45) is 3.98.